The van der Waals surface area contributed by atoms with Crippen molar-refractivity contribution in [1.29, 1.82) is 0 Å². The summed E-state index contributed by atoms with van der Waals surface area (Å²) in [6.07, 6.45) is 6.70. The molecule has 0 aliphatic carbocycles. The topological polar surface area (TPSA) is 61.1 Å². The number of aliphatic imine (C=N–C) groups is 1. The molecule has 0 bridgehead atoms. The van der Waals surface area contributed by atoms with Crippen LogP contribution in [0.15, 0.2) is 76.9 Å². The van der Waals surface area contributed by atoms with Crippen molar-refractivity contribution in [2.75, 3.05) is 13.0 Å². The summed E-state index contributed by atoms with van der Waals surface area (Å²) < 4.78 is 20.9. The van der Waals surface area contributed by atoms with Gasteiger partial charge >= 0.3 is 0 Å². The number of hydrogen-bond donors (Lipinski definition) is 0. The number of aromatic nitrogens is 2. The third-order valence-electron chi connectivity index (χ3n) is 5.02. The summed E-state index contributed by atoms with van der Waals surface area (Å²) >= 11 is 8.16. The molecule has 0 amide bonds. The molecule has 2 aliphatic rings. The van der Waals surface area contributed by atoms with Gasteiger partial charge in [0.25, 0.3) is 6.35 Å². The molecule has 9 heteroatoms. The molecule has 1 aromatic heterocycles. The quantitative estimate of drug-likeness (QED) is 0.407. The third kappa shape index (κ3) is 3.73. The first-order chi connectivity index (χ1) is 15.1. The van der Waals surface area contributed by atoms with Crippen LogP contribution in [0.4, 0.5) is 0 Å². The first-order valence-electron chi connectivity index (χ1n) is 9.57. The fourth-order valence-corrected chi connectivity index (χ4v) is 4.38. The summed E-state index contributed by atoms with van der Waals surface area (Å²) in [4.78, 5) is 8.95. The molecule has 0 fully saturated rings. The van der Waals surface area contributed by atoms with E-state index in [9.17, 15) is 0 Å². The minimum absolute atomic E-state index is 0.224. The van der Waals surface area contributed by atoms with Crippen molar-refractivity contribution < 1.29 is 14.2 Å². The highest BCUT2D eigenvalue weighted by atomic mass is 35.5. The lowest BCUT2D eigenvalue weighted by Gasteiger charge is -2.33. The number of halogens is 1. The van der Waals surface area contributed by atoms with E-state index in [4.69, 9.17) is 30.8 Å². The van der Waals surface area contributed by atoms with Crippen molar-refractivity contribution >= 4 is 29.3 Å². The molecule has 0 radical (unpaired) electrons. The van der Waals surface area contributed by atoms with Crippen LogP contribution in [0.2, 0.25) is 0 Å². The van der Waals surface area contributed by atoms with E-state index in [1.165, 1.54) is 11.9 Å². The van der Waals surface area contributed by atoms with Gasteiger partial charge in [-0.05, 0) is 61.3 Å². The molecular weight excluding hydrogens is 436 g/mol. The normalized spacial score (nSPS) is 17.7. The van der Waals surface area contributed by atoms with Gasteiger partial charge in [0.15, 0.2) is 11.5 Å². The van der Waals surface area contributed by atoms with Gasteiger partial charge in [0.05, 0.1) is 12.0 Å². The van der Waals surface area contributed by atoms with Crippen LogP contribution in [-0.2, 0) is 0 Å². The average molecular weight is 455 g/mol. The fourth-order valence-electron chi connectivity index (χ4n) is 3.43. The Morgan fingerprint density at radius 2 is 1.94 bits per heavy atom. The van der Waals surface area contributed by atoms with Gasteiger partial charge in [0.1, 0.15) is 10.9 Å². The van der Waals surface area contributed by atoms with E-state index in [1.54, 1.807) is 12.5 Å². The Kier molecular flexibility index (Phi) is 5.25. The van der Waals surface area contributed by atoms with Crippen LogP contribution in [0.3, 0.4) is 0 Å². The van der Waals surface area contributed by atoms with E-state index in [0.717, 1.165) is 28.3 Å². The molecule has 31 heavy (non-hydrogen) atoms. The fraction of sp³-hybridized carbons (Fsp3) is 0.182. The van der Waals surface area contributed by atoms with Gasteiger partial charge in [-0.2, -0.15) is 0 Å². The maximum absolute atomic E-state index is 6.71. The first-order valence-corrected chi connectivity index (χ1v) is 11.1. The van der Waals surface area contributed by atoms with Gasteiger partial charge in [0.2, 0.25) is 6.79 Å². The zero-order chi connectivity index (χ0) is 21.4. The molecule has 5 rings (SSSR count). The summed E-state index contributed by atoms with van der Waals surface area (Å²) in [6.45, 7) is 2.17. The van der Waals surface area contributed by atoms with Crippen molar-refractivity contribution in [2.45, 2.75) is 13.3 Å². The maximum atomic E-state index is 6.71. The number of ether oxygens (including phenoxy) is 3. The molecular formula is C22H19ClN4O3S. The highest BCUT2D eigenvalue weighted by Crippen LogP contribution is 2.37. The molecule has 0 spiro atoms. The van der Waals surface area contributed by atoms with Crippen LogP contribution in [0.5, 0.6) is 17.2 Å². The van der Waals surface area contributed by atoms with Crippen LogP contribution in [-0.4, -0.2) is 39.0 Å². The zero-order valence-electron chi connectivity index (χ0n) is 16.9. The minimum Gasteiger partial charge on any atom is -0.454 e. The van der Waals surface area contributed by atoms with E-state index >= 15 is 0 Å². The highest BCUT2D eigenvalue weighted by Gasteiger charge is 2.30. The number of rotatable bonds is 5. The summed E-state index contributed by atoms with van der Waals surface area (Å²) in [5.74, 6) is 2.11. The third-order valence-corrected chi connectivity index (χ3v) is 6.34. The Morgan fingerprint density at radius 3 is 2.68 bits per heavy atom. The molecule has 1 unspecified atom stereocenters. The molecule has 7 nitrogen and oxygen atoms in total. The van der Waals surface area contributed by atoms with Crippen molar-refractivity contribution in [3.8, 4) is 22.9 Å². The Balaban J connectivity index is 1.45. The number of imidazole rings is 1. The zero-order valence-corrected chi connectivity index (χ0v) is 18.4. The van der Waals surface area contributed by atoms with Gasteiger partial charge < -0.3 is 18.8 Å². The lowest BCUT2D eigenvalue weighted by molar-refractivity contribution is 0.127. The largest absolute Gasteiger partial charge is 0.454 e. The standard InChI is InChI=1S/C22H19ClN4O3S/c1-14-20(15-3-8-18-19(11-15)29-13-28-18)25-22(27(31-2)21(14)23)30-17-6-4-16(5-7-17)26-10-9-24-12-26/h3-12,22H,13H2,1-2H3. The van der Waals surface area contributed by atoms with Crippen LogP contribution in [0, 0.1) is 0 Å². The monoisotopic (exact) mass is 454 g/mol. The van der Waals surface area contributed by atoms with Gasteiger partial charge in [0, 0.05) is 35.5 Å². The number of nitrogens with zero attached hydrogens (tertiary/aromatic N) is 4. The minimum atomic E-state index is -0.620. The average Bonchev–Trinajstić information content (AvgIpc) is 3.48. The summed E-state index contributed by atoms with van der Waals surface area (Å²) in [7, 11) is 0. The smallest absolute Gasteiger partial charge is 0.281 e. The van der Waals surface area contributed by atoms with Gasteiger partial charge in [-0.1, -0.05) is 11.6 Å². The molecule has 2 aliphatic heterocycles. The molecule has 0 saturated heterocycles. The van der Waals surface area contributed by atoms with Crippen LogP contribution in [0.25, 0.3) is 5.69 Å². The van der Waals surface area contributed by atoms with E-state index in [-0.39, 0.29) is 6.79 Å². The van der Waals surface area contributed by atoms with Crippen molar-refractivity contribution in [3.05, 3.63) is 77.5 Å². The second kappa shape index (κ2) is 8.20. The van der Waals surface area contributed by atoms with E-state index in [1.807, 2.05) is 70.7 Å². The first kappa shape index (κ1) is 19.8. The Morgan fingerprint density at radius 1 is 1.13 bits per heavy atom. The van der Waals surface area contributed by atoms with Crippen molar-refractivity contribution in [2.24, 2.45) is 4.99 Å². The van der Waals surface area contributed by atoms with Gasteiger partial charge in [-0.25, -0.2) is 14.3 Å². The number of benzene rings is 2. The van der Waals surface area contributed by atoms with E-state index in [2.05, 4.69) is 4.98 Å². The summed E-state index contributed by atoms with van der Waals surface area (Å²) in [5, 5.41) is 0.579. The molecule has 158 valence electrons. The molecule has 1 atom stereocenters. The molecule has 0 saturated carbocycles. The second-order valence-corrected chi connectivity index (χ2v) is 7.99. The predicted octanol–water partition coefficient (Wildman–Crippen LogP) is 4.82. The summed E-state index contributed by atoms with van der Waals surface area (Å²) in [5.41, 5.74) is 3.51. The molecule has 3 heterocycles. The van der Waals surface area contributed by atoms with Crippen molar-refractivity contribution in [3.63, 3.8) is 0 Å². The highest BCUT2D eigenvalue weighted by molar-refractivity contribution is 7.96. The van der Waals surface area contributed by atoms with Crippen molar-refractivity contribution in [1.82, 2.24) is 13.9 Å². The maximum Gasteiger partial charge on any atom is 0.281 e. The molecule has 2 aromatic carbocycles. The Bertz CT molecular complexity index is 1160. The van der Waals surface area contributed by atoms with Crippen LogP contribution in [0.1, 0.15) is 12.5 Å². The van der Waals surface area contributed by atoms with Gasteiger partial charge in [-0.3, -0.25) is 0 Å². The van der Waals surface area contributed by atoms with E-state index < -0.39 is 6.35 Å². The Hall–Kier alpha value is -3.10. The Labute approximate surface area is 189 Å². The molecule has 0 N–H and O–H groups in total. The van der Waals surface area contributed by atoms with E-state index in [0.29, 0.717) is 16.7 Å². The lowest BCUT2D eigenvalue weighted by atomic mass is 10.0. The SMILES string of the molecule is CSN1C(Cl)=C(C)C(c2ccc3c(c2)OCO3)=NC1Oc1ccc(-n2ccnc2)cc1. The number of fused-ring (bicyclic) bond motifs is 1. The van der Waals surface area contributed by atoms with Gasteiger partial charge in [-0.15, -0.1) is 0 Å². The lowest BCUT2D eigenvalue weighted by Crippen LogP contribution is -2.36. The number of allylic oxidation sites excluding steroid dienone is 1. The summed E-state index contributed by atoms with van der Waals surface area (Å²) in [6, 6.07) is 13.5. The number of hydrogen-bond acceptors (Lipinski definition) is 7. The second-order valence-electron chi connectivity index (χ2n) is 6.88. The van der Waals surface area contributed by atoms with Crippen LogP contribution >= 0.6 is 23.5 Å². The van der Waals surface area contributed by atoms with Crippen LogP contribution < -0.4 is 14.2 Å². The molecule has 3 aromatic rings. The predicted molar refractivity (Wildman–Crippen MR) is 121 cm³/mol.